The van der Waals surface area contributed by atoms with Gasteiger partial charge in [-0.05, 0) is 43.5 Å². The third kappa shape index (κ3) is 1.61. The van der Waals surface area contributed by atoms with E-state index in [4.69, 9.17) is 0 Å². The Labute approximate surface area is 113 Å². The number of rotatable bonds is 1. The number of benzene rings is 1. The Balaban J connectivity index is 2.37. The van der Waals surface area contributed by atoms with Gasteiger partial charge in [-0.25, -0.2) is 0 Å². The Kier molecular flexibility index (Phi) is 2.49. The summed E-state index contributed by atoms with van der Waals surface area (Å²) >= 11 is 0. The summed E-state index contributed by atoms with van der Waals surface area (Å²) < 4.78 is 0. The van der Waals surface area contributed by atoms with Crippen LogP contribution in [-0.2, 0) is 5.41 Å². The number of anilines is 1. The maximum Gasteiger partial charge on any atom is 0.251 e. The number of hydrogen-bond donors (Lipinski definition) is 2. The van der Waals surface area contributed by atoms with Crippen molar-refractivity contribution in [3.8, 4) is 0 Å². The van der Waals surface area contributed by atoms with Crippen LogP contribution in [-0.4, -0.2) is 11.5 Å². The fourth-order valence-electron chi connectivity index (χ4n) is 2.95. The van der Waals surface area contributed by atoms with Gasteiger partial charge < -0.3 is 10.3 Å². The maximum atomic E-state index is 11.9. The predicted molar refractivity (Wildman–Crippen MR) is 80.2 cm³/mol. The van der Waals surface area contributed by atoms with Crippen LogP contribution in [0.25, 0.3) is 10.9 Å². The van der Waals surface area contributed by atoms with E-state index in [2.05, 4.69) is 36.3 Å². The second-order valence-corrected chi connectivity index (χ2v) is 5.92. The summed E-state index contributed by atoms with van der Waals surface area (Å²) in [7, 11) is 0. The molecule has 1 unspecified atom stereocenters. The molecule has 0 amide bonds. The molecule has 3 nitrogen and oxygen atoms in total. The number of aryl methyl sites for hydroxylation is 1. The summed E-state index contributed by atoms with van der Waals surface area (Å²) in [5.74, 6) is 0. The van der Waals surface area contributed by atoms with Crippen LogP contribution in [0.4, 0.5) is 5.69 Å². The molecular weight excluding hydrogens is 236 g/mol. The highest BCUT2D eigenvalue weighted by atomic mass is 16.1. The molecule has 1 atom stereocenters. The molecule has 3 heteroatoms. The highest BCUT2D eigenvalue weighted by molar-refractivity contribution is 5.88. The number of pyridine rings is 1. The van der Waals surface area contributed by atoms with Crippen molar-refractivity contribution in [2.24, 2.45) is 0 Å². The van der Waals surface area contributed by atoms with E-state index in [9.17, 15) is 4.79 Å². The third-order valence-corrected chi connectivity index (χ3v) is 4.81. The van der Waals surface area contributed by atoms with Crippen molar-refractivity contribution in [2.75, 3.05) is 11.9 Å². The van der Waals surface area contributed by atoms with E-state index in [1.165, 1.54) is 10.9 Å². The van der Waals surface area contributed by atoms with E-state index in [1.807, 2.05) is 13.8 Å². The first-order valence-corrected chi connectivity index (χ1v) is 6.88. The Morgan fingerprint density at radius 1 is 1.26 bits per heavy atom. The minimum Gasteiger partial charge on any atom is -0.384 e. The smallest absolute Gasteiger partial charge is 0.251 e. The van der Waals surface area contributed by atoms with Gasteiger partial charge >= 0.3 is 0 Å². The molecule has 100 valence electrons. The first-order chi connectivity index (χ1) is 8.96. The van der Waals surface area contributed by atoms with Crippen molar-refractivity contribution in [3.63, 3.8) is 0 Å². The summed E-state index contributed by atoms with van der Waals surface area (Å²) in [6.07, 6.45) is 1.11. The van der Waals surface area contributed by atoms with Gasteiger partial charge in [0.2, 0.25) is 0 Å². The Bertz CT molecular complexity index is 730. The summed E-state index contributed by atoms with van der Waals surface area (Å²) in [5.41, 5.74) is 5.58. The molecule has 19 heavy (non-hydrogen) atoms. The third-order valence-electron chi connectivity index (χ3n) is 4.81. The molecule has 1 aromatic carbocycles. The largest absolute Gasteiger partial charge is 0.384 e. The molecule has 1 aromatic heterocycles. The summed E-state index contributed by atoms with van der Waals surface area (Å²) in [6, 6.07) is 4.34. The van der Waals surface area contributed by atoms with E-state index >= 15 is 0 Å². The van der Waals surface area contributed by atoms with E-state index in [-0.39, 0.29) is 11.0 Å². The van der Waals surface area contributed by atoms with Crippen molar-refractivity contribution in [1.82, 2.24) is 4.98 Å². The number of fused-ring (bicyclic) bond motifs is 2. The van der Waals surface area contributed by atoms with Crippen LogP contribution in [0.2, 0.25) is 0 Å². The average Bonchev–Trinajstić information content (AvgIpc) is 2.73. The molecule has 0 bridgehead atoms. The molecular formula is C16H20N2O. The van der Waals surface area contributed by atoms with E-state index in [0.717, 1.165) is 35.3 Å². The van der Waals surface area contributed by atoms with Crippen LogP contribution in [0.15, 0.2) is 16.9 Å². The molecule has 2 N–H and O–H groups in total. The van der Waals surface area contributed by atoms with Crippen molar-refractivity contribution in [3.05, 3.63) is 39.2 Å². The van der Waals surface area contributed by atoms with Crippen molar-refractivity contribution < 1.29 is 0 Å². The Morgan fingerprint density at radius 3 is 2.68 bits per heavy atom. The molecule has 1 aliphatic heterocycles. The van der Waals surface area contributed by atoms with Gasteiger partial charge in [0.1, 0.15) is 0 Å². The zero-order valence-electron chi connectivity index (χ0n) is 12.0. The lowest BCUT2D eigenvalue weighted by Gasteiger charge is -2.22. The standard InChI is InChI=1S/C16H20N2O/c1-5-16(4)8-17-14-7-13-11(6-12(14)16)9(2)10(3)15(19)18-13/h6-7,17H,5,8H2,1-4H3,(H,18,19). The lowest BCUT2D eigenvalue weighted by atomic mass is 9.81. The zero-order valence-corrected chi connectivity index (χ0v) is 12.0. The van der Waals surface area contributed by atoms with Crippen LogP contribution in [0.3, 0.4) is 0 Å². The van der Waals surface area contributed by atoms with E-state index in [1.54, 1.807) is 0 Å². The van der Waals surface area contributed by atoms with Gasteiger partial charge in [0.15, 0.2) is 0 Å². The van der Waals surface area contributed by atoms with Gasteiger partial charge in [0.05, 0.1) is 5.52 Å². The zero-order chi connectivity index (χ0) is 13.8. The van der Waals surface area contributed by atoms with Gasteiger partial charge in [-0.3, -0.25) is 4.79 Å². The lowest BCUT2D eigenvalue weighted by molar-refractivity contribution is 0.504. The lowest BCUT2D eigenvalue weighted by Crippen LogP contribution is -2.22. The molecule has 0 saturated carbocycles. The van der Waals surface area contributed by atoms with E-state index < -0.39 is 0 Å². The summed E-state index contributed by atoms with van der Waals surface area (Å²) in [6.45, 7) is 9.41. The van der Waals surface area contributed by atoms with Crippen LogP contribution < -0.4 is 10.9 Å². The fraction of sp³-hybridized carbons (Fsp3) is 0.438. The first-order valence-electron chi connectivity index (χ1n) is 6.88. The van der Waals surface area contributed by atoms with Gasteiger partial charge in [-0.2, -0.15) is 0 Å². The van der Waals surface area contributed by atoms with Crippen molar-refractivity contribution in [1.29, 1.82) is 0 Å². The first kappa shape index (κ1) is 12.3. The number of aromatic nitrogens is 1. The van der Waals surface area contributed by atoms with Gasteiger partial charge in [0.25, 0.3) is 5.56 Å². The molecule has 2 heterocycles. The molecule has 0 fully saturated rings. The molecule has 0 saturated heterocycles. The number of nitrogens with one attached hydrogen (secondary N) is 2. The molecule has 1 aliphatic rings. The van der Waals surface area contributed by atoms with Crippen molar-refractivity contribution in [2.45, 2.75) is 39.5 Å². The quantitative estimate of drug-likeness (QED) is 0.822. The van der Waals surface area contributed by atoms with E-state index in [0.29, 0.717) is 0 Å². The topological polar surface area (TPSA) is 44.9 Å². The SMILES string of the molecule is CCC1(C)CNc2cc3[nH]c(=O)c(C)c(C)c3cc21. The molecule has 0 radical (unpaired) electrons. The second kappa shape index (κ2) is 3.86. The summed E-state index contributed by atoms with van der Waals surface area (Å²) in [5, 5.41) is 4.63. The van der Waals surface area contributed by atoms with Gasteiger partial charge in [0, 0.05) is 28.6 Å². The van der Waals surface area contributed by atoms with Crippen molar-refractivity contribution >= 4 is 16.6 Å². The highest BCUT2D eigenvalue weighted by Gasteiger charge is 2.33. The monoisotopic (exact) mass is 256 g/mol. The normalized spacial score (nSPS) is 21.5. The highest BCUT2D eigenvalue weighted by Crippen LogP contribution is 2.41. The minimum absolute atomic E-state index is 0.0150. The maximum absolute atomic E-state index is 11.9. The van der Waals surface area contributed by atoms with Crippen LogP contribution in [0.1, 0.15) is 37.0 Å². The fourth-order valence-corrected chi connectivity index (χ4v) is 2.95. The molecule has 0 spiro atoms. The number of H-pyrrole nitrogens is 1. The number of aromatic amines is 1. The number of hydrogen-bond acceptors (Lipinski definition) is 2. The van der Waals surface area contributed by atoms with Crippen LogP contribution >= 0.6 is 0 Å². The average molecular weight is 256 g/mol. The van der Waals surface area contributed by atoms with Gasteiger partial charge in [-0.1, -0.05) is 13.8 Å². The van der Waals surface area contributed by atoms with Crippen LogP contribution in [0, 0.1) is 13.8 Å². The van der Waals surface area contributed by atoms with Gasteiger partial charge in [-0.15, -0.1) is 0 Å². The Hall–Kier alpha value is -1.77. The molecule has 2 aromatic rings. The molecule has 3 rings (SSSR count). The predicted octanol–water partition coefficient (Wildman–Crippen LogP) is 3.24. The summed E-state index contributed by atoms with van der Waals surface area (Å²) in [4.78, 5) is 14.8. The van der Waals surface area contributed by atoms with Crippen LogP contribution in [0.5, 0.6) is 0 Å². The second-order valence-electron chi connectivity index (χ2n) is 5.92. The molecule has 0 aliphatic carbocycles. The minimum atomic E-state index is 0.0150. The Morgan fingerprint density at radius 2 is 2.00 bits per heavy atom.